The second-order valence-electron chi connectivity index (χ2n) is 15.6. The minimum Gasteiger partial charge on any atom is -0.387 e. The summed E-state index contributed by atoms with van der Waals surface area (Å²) in [5.74, 6) is -0.202. The fourth-order valence-electron chi connectivity index (χ4n) is 6.77. The van der Waals surface area contributed by atoms with Crippen LogP contribution in [0.1, 0.15) is 226 Å². The minimum absolute atomic E-state index is 0.0782. The zero-order valence-electron chi connectivity index (χ0n) is 35.5. The van der Waals surface area contributed by atoms with Crippen LogP contribution in [0.25, 0.3) is 0 Å². The van der Waals surface area contributed by atoms with Gasteiger partial charge in [-0.3, -0.25) is 13.8 Å². The molecule has 0 fully saturated rings. The lowest BCUT2D eigenvalue weighted by molar-refractivity contribution is -0.123. The molecular weight excluding hydrogens is 695 g/mol. The number of aliphatic hydroxyl groups excluding tert-OH is 1. The fraction of sp³-hybridized carbons (Fsp3) is 0.889. The third kappa shape index (κ3) is 39.2. The van der Waals surface area contributed by atoms with Crippen LogP contribution in [0.4, 0.5) is 0 Å². The van der Waals surface area contributed by atoms with Gasteiger partial charge in [-0.25, -0.2) is 4.57 Å². The number of carbonyl (C=O) groups is 1. The van der Waals surface area contributed by atoms with E-state index in [1.54, 1.807) is 6.08 Å². The third-order valence-electron chi connectivity index (χ3n) is 10.3. The lowest BCUT2D eigenvalue weighted by atomic mass is 10.0. The van der Waals surface area contributed by atoms with Crippen LogP contribution in [-0.2, 0) is 18.4 Å². The summed E-state index contributed by atoms with van der Waals surface area (Å²) in [5, 5.41) is 13.7. The quantitative estimate of drug-likeness (QED) is 0.0275. The molecule has 0 aliphatic carbocycles. The first-order chi connectivity index (χ1) is 26.4. The van der Waals surface area contributed by atoms with Gasteiger partial charge < -0.3 is 21.1 Å². The monoisotopic (exact) mass is 785 g/mol. The van der Waals surface area contributed by atoms with Crippen molar-refractivity contribution in [2.75, 3.05) is 19.8 Å². The van der Waals surface area contributed by atoms with Crippen molar-refractivity contribution in [1.82, 2.24) is 5.32 Å². The maximum absolute atomic E-state index is 12.7. The van der Waals surface area contributed by atoms with Gasteiger partial charge in [0.1, 0.15) is 0 Å². The second-order valence-corrected chi connectivity index (χ2v) is 17.1. The van der Waals surface area contributed by atoms with E-state index < -0.39 is 20.0 Å². The van der Waals surface area contributed by atoms with Crippen LogP contribution in [0, 0.1) is 0 Å². The van der Waals surface area contributed by atoms with Crippen molar-refractivity contribution in [1.29, 1.82) is 0 Å². The molecule has 1 amide bonds. The summed E-state index contributed by atoms with van der Waals surface area (Å²) in [4.78, 5) is 22.7. The lowest BCUT2D eigenvalue weighted by Crippen LogP contribution is -2.45. The highest BCUT2D eigenvalue weighted by molar-refractivity contribution is 7.47. The summed E-state index contributed by atoms with van der Waals surface area (Å²) in [6.07, 6.45) is 48.0. The Bertz CT molecular complexity index is 901. The molecule has 0 bridgehead atoms. The number of phosphoric ester groups is 1. The number of carbonyl (C=O) groups excluding carboxylic acids is 1. The van der Waals surface area contributed by atoms with Crippen LogP contribution in [0.2, 0.25) is 0 Å². The van der Waals surface area contributed by atoms with Gasteiger partial charge >= 0.3 is 7.82 Å². The highest BCUT2D eigenvalue weighted by Gasteiger charge is 2.26. The topological polar surface area (TPSA) is 131 Å². The standard InChI is InChI=1S/C45H89N2O6P/c1-3-5-7-9-11-13-15-17-19-20-21-22-23-24-25-26-28-30-32-34-36-38-44(48)43(42-53-54(50,51)52-41-40-46)47-45(49)39-37-35-33-31-29-27-18-16-14-12-10-8-6-4-2/h16,18,36,38,43-44,48H,3-15,17,19-35,37,39-42,46H2,1-2H3,(H,47,49)(H,50,51)/b18-16-,38-36+. The molecule has 0 heterocycles. The Morgan fingerprint density at radius 2 is 0.963 bits per heavy atom. The maximum atomic E-state index is 12.7. The molecule has 0 rings (SSSR count). The van der Waals surface area contributed by atoms with Gasteiger partial charge in [-0.05, 0) is 44.9 Å². The second kappa shape index (κ2) is 41.6. The summed E-state index contributed by atoms with van der Waals surface area (Å²) in [6, 6.07) is -0.862. The average Bonchev–Trinajstić information content (AvgIpc) is 3.16. The molecule has 320 valence electrons. The average molecular weight is 785 g/mol. The van der Waals surface area contributed by atoms with E-state index in [1.807, 2.05) is 6.08 Å². The minimum atomic E-state index is -4.34. The van der Waals surface area contributed by atoms with Crippen LogP contribution < -0.4 is 11.1 Å². The molecule has 3 atom stereocenters. The molecule has 0 aromatic rings. The molecule has 0 spiro atoms. The van der Waals surface area contributed by atoms with E-state index in [0.29, 0.717) is 6.42 Å². The Morgan fingerprint density at radius 1 is 0.593 bits per heavy atom. The van der Waals surface area contributed by atoms with E-state index in [1.165, 1.54) is 154 Å². The van der Waals surface area contributed by atoms with Gasteiger partial charge in [0, 0.05) is 13.0 Å². The van der Waals surface area contributed by atoms with Gasteiger partial charge in [0.25, 0.3) is 0 Å². The van der Waals surface area contributed by atoms with Gasteiger partial charge in [0.2, 0.25) is 5.91 Å². The molecule has 8 nitrogen and oxygen atoms in total. The summed E-state index contributed by atoms with van der Waals surface area (Å²) in [6.45, 7) is 4.14. The number of nitrogens with one attached hydrogen (secondary N) is 1. The lowest BCUT2D eigenvalue weighted by Gasteiger charge is -2.23. The Kier molecular flexibility index (Phi) is 40.8. The molecule has 0 saturated carbocycles. The molecule has 0 aromatic carbocycles. The number of phosphoric acid groups is 1. The summed E-state index contributed by atoms with van der Waals surface area (Å²) >= 11 is 0. The van der Waals surface area contributed by atoms with E-state index >= 15 is 0 Å². The van der Waals surface area contributed by atoms with E-state index in [9.17, 15) is 19.4 Å². The highest BCUT2D eigenvalue weighted by Crippen LogP contribution is 2.43. The number of rotatable bonds is 43. The van der Waals surface area contributed by atoms with E-state index in [4.69, 9.17) is 14.8 Å². The normalized spacial score (nSPS) is 14.2. The summed E-state index contributed by atoms with van der Waals surface area (Å²) in [7, 11) is -4.34. The van der Waals surface area contributed by atoms with Gasteiger partial charge in [-0.1, -0.05) is 199 Å². The molecular formula is C45H89N2O6P. The number of amides is 1. The van der Waals surface area contributed by atoms with Crippen LogP contribution in [0.15, 0.2) is 24.3 Å². The van der Waals surface area contributed by atoms with Gasteiger partial charge in [0.05, 0.1) is 25.4 Å². The Labute approximate surface area is 334 Å². The van der Waals surface area contributed by atoms with Crippen LogP contribution in [0.5, 0.6) is 0 Å². The zero-order valence-corrected chi connectivity index (χ0v) is 36.4. The summed E-state index contributed by atoms with van der Waals surface area (Å²) < 4.78 is 22.1. The molecule has 9 heteroatoms. The van der Waals surface area contributed by atoms with Crippen molar-refractivity contribution in [3.63, 3.8) is 0 Å². The number of hydrogen-bond acceptors (Lipinski definition) is 6. The molecule has 3 unspecified atom stereocenters. The van der Waals surface area contributed by atoms with Crippen molar-refractivity contribution in [2.24, 2.45) is 5.73 Å². The number of hydrogen-bond donors (Lipinski definition) is 4. The number of unbranched alkanes of at least 4 members (excludes halogenated alkanes) is 29. The molecule has 54 heavy (non-hydrogen) atoms. The van der Waals surface area contributed by atoms with Gasteiger partial charge in [0.15, 0.2) is 0 Å². The fourth-order valence-corrected chi connectivity index (χ4v) is 7.53. The third-order valence-corrected chi connectivity index (χ3v) is 11.3. The first kappa shape index (κ1) is 53.0. The van der Waals surface area contributed by atoms with Crippen molar-refractivity contribution in [3.8, 4) is 0 Å². The molecule has 0 aliphatic rings. The molecule has 0 aromatic heterocycles. The predicted molar refractivity (Wildman–Crippen MR) is 231 cm³/mol. The van der Waals surface area contributed by atoms with Crippen molar-refractivity contribution < 1.29 is 28.4 Å². The van der Waals surface area contributed by atoms with Crippen molar-refractivity contribution in [2.45, 2.75) is 238 Å². The predicted octanol–water partition coefficient (Wildman–Crippen LogP) is 12.9. The molecule has 0 saturated heterocycles. The number of nitrogens with two attached hydrogens (primary N) is 1. The smallest absolute Gasteiger partial charge is 0.387 e. The molecule has 0 aliphatic heterocycles. The van der Waals surface area contributed by atoms with Crippen LogP contribution in [0.3, 0.4) is 0 Å². The largest absolute Gasteiger partial charge is 0.472 e. The first-order valence-electron chi connectivity index (χ1n) is 23.0. The van der Waals surface area contributed by atoms with E-state index in [0.717, 1.165) is 51.4 Å². The molecule has 0 radical (unpaired) electrons. The van der Waals surface area contributed by atoms with Crippen molar-refractivity contribution >= 4 is 13.7 Å². The van der Waals surface area contributed by atoms with Crippen LogP contribution in [-0.4, -0.2) is 47.8 Å². The first-order valence-corrected chi connectivity index (χ1v) is 24.5. The SMILES string of the molecule is CCCCCCC/C=C\CCCCCCCC(=O)NC(COP(=O)(O)OCCN)C(O)/C=C/CCCCCCCCCCCCCCCCCCCCC. The highest BCUT2D eigenvalue weighted by atomic mass is 31.2. The van der Waals surface area contributed by atoms with E-state index in [-0.39, 0.29) is 25.7 Å². The van der Waals surface area contributed by atoms with Gasteiger partial charge in [-0.15, -0.1) is 0 Å². The Morgan fingerprint density at radius 3 is 1.37 bits per heavy atom. The van der Waals surface area contributed by atoms with Gasteiger partial charge in [-0.2, -0.15) is 0 Å². The summed E-state index contributed by atoms with van der Waals surface area (Å²) in [5.41, 5.74) is 5.38. The maximum Gasteiger partial charge on any atom is 0.472 e. The van der Waals surface area contributed by atoms with Crippen LogP contribution >= 0.6 is 7.82 Å². The van der Waals surface area contributed by atoms with Crippen molar-refractivity contribution in [3.05, 3.63) is 24.3 Å². The van der Waals surface area contributed by atoms with E-state index in [2.05, 4.69) is 31.3 Å². The molecule has 5 N–H and O–H groups in total. The number of aliphatic hydroxyl groups is 1. The zero-order chi connectivity index (χ0) is 39.6. The number of allylic oxidation sites excluding steroid dienone is 3. The Hall–Kier alpha value is -1.02. The Balaban J connectivity index is 4.15.